The first-order chi connectivity index (χ1) is 13.0. The topological polar surface area (TPSA) is 90.7 Å². The SMILES string of the molecule is Cc1ccc2c(N=NC(=O)CSc3nc4ccccc4s3)c(O)[nH]c2c1C. The van der Waals surface area contributed by atoms with Crippen LogP contribution in [0, 0.1) is 13.8 Å². The van der Waals surface area contributed by atoms with Gasteiger partial charge in [-0.25, -0.2) is 4.98 Å². The van der Waals surface area contributed by atoms with Crippen LogP contribution in [0.25, 0.3) is 21.1 Å². The summed E-state index contributed by atoms with van der Waals surface area (Å²) in [7, 11) is 0. The van der Waals surface area contributed by atoms with Gasteiger partial charge in [-0.15, -0.1) is 21.6 Å². The molecule has 0 saturated carbocycles. The Bertz CT molecular complexity index is 1160. The lowest BCUT2D eigenvalue weighted by atomic mass is 10.1. The van der Waals surface area contributed by atoms with Crippen LogP contribution in [-0.2, 0) is 4.79 Å². The first kappa shape index (κ1) is 17.7. The Morgan fingerprint density at radius 2 is 2.07 bits per heavy atom. The molecular formula is C19H16N4O2S2. The van der Waals surface area contributed by atoms with Gasteiger partial charge in [0.05, 0.1) is 21.5 Å². The van der Waals surface area contributed by atoms with Crippen LogP contribution < -0.4 is 0 Å². The summed E-state index contributed by atoms with van der Waals surface area (Å²) in [6.07, 6.45) is 0. The first-order valence-corrected chi connectivity index (χ1v) is 10.1. The van der Waals surface area contributed by atoms with Crippen molar-refractivity contribution in [3.05, 3.63) is 47.5 Å². The van der Waals surface area contributed by atoms with Crippen LogP contribution in [0.1, 0.15) is 11.1 Å². The summed E-state index contributed by atoms with van der Waals surface area (Å²) in [5.41, 5.74) is 4.15. The van der Waals surface area contributed by atoms with Crippen LogP contribution in [0.3, 0.4) is 0 Å². The molecule has 2 heterocycles. The van der Waals surface area contributed by atoms with Gasteiger partial charge >= 0.3 is 0 Å². The van der Waals surface area contributed by atoms with Crippen molar-refractivity contribution in [2.45, 2.75) is 18.2 Å². The number of fused-ring (bicyclic) bond motifs is 2. The van der Waals surface area contributed by atoms with E-state index in [0.717, 1.165) is 36.6 Å². The Morgan fingerprint density at radius 1 is 1.26 bits per heavy atom. The smallest absolute Gasteiger partial charge is 0.274 e. The average Bonchev–Trinajstić information content (AvgIpc) is 3.22. The number of carbonyl (C=O) groups excluding carboxylic acids is 1. The van der Waals surface area contributed by atoms with Crippen molar-refractivity contribution in [1.29, 1.82) is 0 Å². The molecule has 0 radical (unpaired) electrons. The van der Waals surface area contributed by atoms with Crippen molar-refractivity contribution >= 4 is 55.8 Å². The molecule has 0 atom stereocenters. The maximum Gasteiger partial charge on any atom is 0.274 e. The number of H-pyrrole nitrogens is 1. The van der Waals surface area contributed by atoms with Crippen molar-refractivity contribution in [2.75, 3.05) is 5.75 Å². The second kappa shape index (κ2) is 7.13. The molecule has 2 N–H and O–H groups in total. The molecule has 0 fully saturated rings. The monoisotopic (exact) mass is 396 g/mol. The Hall–Kier alpha value is -2.71. The second-order valence-electron chi connectivity index (χ2n) is 6.08. The molecule has 6 nitrogen and oxygen atoms in total. The Balaban J connectivity index is 1.49. The van der Waals surface area contributed by atoms with Gasteiger partial charge < -0.3 is 10.1 Å². The number of hydrogen-bond donors (Lipinski definition) is 2. The number of azo groups is 1. The van der Waals surface area contributed by atoms with Crippen LogP contribution in [0.4, 0.5) is 5.69 Å². The van der Waals surface area contributed by atoms with E-state index in [9.17, 15) is 9.90 Å². The van der Waals surface area contributed by atoms with E-state index in [0.29, 0.717) is 0 Å². The largest absolute Gasteiger partial charge is 0.493 e. The molecule has 0 unspecified atom stereocenters. The third-order valence-corrected chi connectivity index (χ3v) is 6.48. The molecule has 0 saturated heterocycles. The third-order valence-electron chi connectivity index (χ3n) is 4.31. The number of nitrogens with one attached hydrogen (secondary N) is 1. The summed E-state index contributed by atoms with van der Waals surface area (Å²) in [6.45, 7) is 3.96. The molecule has 4 rings (SSSR count). The van der Waals surface area contributed by atoms with Gasteiger partial charge in [-0.3, -0.25) is 4.79 Å². The number of aromatic hydroxyl groups is 1. The minimum atomic E-state index is -0.378. The lowest BCUT2D eigenvalue weighted by Crippen LogP contribution is -1.95. The van der Waals surface area contributed by atoms with E-state index in [1.54, 1.807) is 11.3 Å². The highest BCUT2D eigenvalue weighted by atomic mass is 32.2. The number of carbonyl (C=O) groups is 1. The number of rotatable bonds is 4. The van der Waals surface area contributed by atoms with Gasteiger partial charge in [0.15, 0.2) is 10.0 Å². The number of thiazole rings is 1. The maximum absolute atomic E-state index is 12.1. The van der Waals surface area contributed by atoms with Crippen LogP contribution in [-0.4, -0.2) is 26.7 Å². The lowest BCUT2D eigenvalue weighted by Gasteiger charge is -2.00. The van der Waals surface area contributed by atoms with E-state index in [2.05, 4.69) is 20.2 Å². The molecule has 1 amide bonds. The van der Waals surface area contributed by atoms with Gasteiger partial charge in [0.2, 0.25) is 5.88 Å². The number of nitrogens with zero attached hydrogens (tertiary/aromatic N) is 3. The summed E-state index contributed by atoms with van der Waals surface area (Å²) in [5, 5.41) is 18.6. The quantitative estimate of drug-likeness (QED) is 0.352. The number of amides is 1. The fourth-order valence-electron chi connectivity index (χ4n) is 2.75. The predicted molar refractivity (Wildman–Crippen MR) is 109 cm³/mol. The number of aromatic nitrogens is 2. The van der Waals surface area contributed by atoms with Crippen molar-refractivity contribution in [1.82, 2.24) is 9.97 Å². The van der Waals surface area contributed by atoms with Crippen molar-refractivity contribution < 1.29 is 9.90 Å². The molecule has 136 valence electrons. The Kier molecular flexibility index (Phi) is 4.67. The highest BCUT2D eigenvalue weighted by molar-refractivity contribution is 8.01. The highest BCUT2D eigenvalue weighted by Gasteiger charge is 2.14. The molecule has 2 aromatic heterocycles. The third kappa shape index (κ3) is 3.45. The summed E-state index contributed by atoms with van der Waals surface area (Å²) >= 11 is 2.88. The van der Waals surface area contributed by atoms with Crippen molar-refractivity contribution in [2.24, 2.45) is 10.2 Å². The number of para-hydroxylation sites is 1. The average molecular weight is 396 g/mol. The summed E-state index contributed by atoms with van der Waals surface area (Å²) in [6, 6.07) is 11.7. The van der Waals surface area contributed by atoms with E-state index in [4.69, 9.17) is 0 Å². The van der Waals surface area contributed by atoms with Gasteiger partial charge in [0.1, 0.15) is 0 Å². The van der Waals surface area contributed by atoms with Gasteiger partial charge in [-0.1, -0.05) is 36.0 Å². The van der Waals surface area contributed by atoms with E-state index >= 15 is 0 Å². The standard InChI is InChI=1S/C19H16N4O2S2/c1-10-7-8-12-16(11(10)2)21-18(25)17(12)23-22-15(24)9-26-19-20-13-5-3-4-6-14(13)27-19/h3-8,21,25H,9H2,1-2H3. The van der Waals surface area contributed by atoms with Crippen LogP contribution in [0.15, 0.2) is 51.0 Å². The summed E-state index contributed by atoms with van der Waals surface area (Å²) in [5.74, 6) is -0.323. The molecule has 0 bridgehead atoms. The summed E-state index contributed by atoms with van der Waals surface area (Å²) < 4.78 is 1.91. The van der Waals surface area contributed by atoms with Gasteiger partial charge in [0.25, 0.3) is 5.91 Å². The fraction of sp³-hybridized carbons (Fsp3) is 0.158. The molecular weight excluding hydrogens is 380 g/mol. The zero-order valence-electron chi connectivity index (χ0n) is 14.7. The Labute approximate surface area is 163 Å². The molecule has 0 spiro atoms. The molecule has 27 heavy (non-hydrogen) atoms. The van der Waals surface area contributed by atoms with Crippen molar-refractivity contribution in [3.8, 4) is 5.88 Å². The summed E-state index contributed by atoms with van der Waals surface area (Å²) in [4.78, 5) is 19.5. The molecule has 2 aromatic carbocycles. The molecule has 4 aromatic rings. The minimum absolute atomic E-state index is 0.0888. The molecule has 0 aliphatic rings. The minimum Gasteiger partial charge on any atom is -0.493 e. The fourth-order valence-corrected chi connectivity index (χ4v) is 4.60. The number of aryl methyl sites for hydroxylation is 2. The molecule has 8 heteroatoms. The van der Waals surface area contributed by atoms with Crippen LogP contribution in [0.2, 0.25) is 0 Å². The van der Waals surface area contributed by atoms with E-state index in [1.807, 2.05) is 50.2 Å². The van der Waals surface area contributed by atoms with Crippen LogP contribution in [0.5, 0.6) is 5.88 Å². The normalized spacial score (nSPS) is 11.8. The highest BCUT2D eigenvalue weighted by Crippen LogP contribution is 2.37. The van der Waals surface area contributed by atoms with Gasteiger partial charge in [-0.05, 0) is 37.1 Å². The molecule has 0 aliphatic carbocycles. The number of benzene rings is 2. The predicted octanol–water partition coefficient (Wildman–Crippen LogP) is 5.50. The Morgan fingerprint density at radius 3 is 2.89 bits per heavy atom. The first-order valence-electron chi connectivity index (χ1n) is 8.26. The number of thioether (sulfide) groups is 1. The zero-order valence-corrected chi connectivity index (χ0v) is 16.3. The number of hydrogen-bond acceptors (Lipinski definition) is 6. The number of aromatic amines is 1. The van der Waals surface area contributed by atoms with E-state index in [1.165, 1.54) is 11.8 Å². The van der Waals surface area contributed by atoms with Crippen molar-refractivity contribution in [3.63, 3.8) is 0 Å². The second-order valence-corrected chi connectivity index (χ2v) is 8.34. The lowest BCUT2D eigenvalue weighted by molar-refractivity contribution is -0.115. The van der Waals surface area contributed by atoms with Gasteiger partial charge in [-0.2, -0.15) is 0 Å². The molecule has 0 aliphatic heterocycles. The van der Waals surface area contributed by atoms with E-state index in [-0.39, 0.29) is 23.2 Å². The van der Waals surface area contributed by atoms with E-state index < -0.39 is 0 Å². The van der Waals surface area contributed by atoms with Gasteiger partial charge in [0, 0.05) is 5.39 Å². The zero-order chi connectivity index (χ0) is 19.0. The van der Waals surface area contributed by atoms with Crippen LogP contribution >= 0.6 is 23.1 Å². The maximum atomic E-state index is 12.1.